The van der Waals surface area contributed by atoms with Crippen LogP contribution in [0.2, 0.25) is 0 Å². The predicted octanol–water partition coefficient (Wildman–Crippen LogP) is 2.12. The molecule has 3 aliphatic heterocycles. The highest BCUT2D eigenvalue weighted by molar-refractivity contribution is 7.89. The number of carbonyl (C=O) groups excluding carboxylic acids is 2. The van der Waals surface area contributed by atoms with Gasteiger partial charge in [0.1, 0.15) is 12.3 Å². The van der Waals surface area contributed by atoms with Crippen LogP contribution in [-0.4, -0.2) is 57.6 Å². The third-order valence-electron chi connectivity index (χ3n) is 6.57. The number of fused-ring (bicyclic) bond motifs is 2. The van der Waals surface area contributed by atoms with E-state index in [1.165, 1.54) is 21.3 Å². The normalized spacial score (nSPS) is 21.6. The van der Waals surface area contributed by atoms with Crippen molar-refractivity contribution >= 4 is 27.5 Å². The smallest absolute Gasteiger partial charge is 0.265 e. The van der Waals surface area contributed by atoms with E-state index in [1.807, 2.05) is 19.9 Å². The Morgan fingerprint density at radius 1 is 1.00 bits per heavy atom. The van der Waals surface area contributed by atoms with E-state index in [4.69, 9.17) is 14.2 Å². The van der Waals surface area contributed by atoms with Gasteiger partial charge in [0.05, 0.1) is 10.6 Å². The second-order valence-electron chi connectivity index (χ2n) is 9.63. The third kappa shape index (κ3) is 4.85. The van der Waals surface area contributed by atoms with Crippen molar-refractivity contribution < 1.29 is 32.2 Å². The summed E-state index contributed by atoms with van der Waals surface area (Å²) in [6, 6.07) is 9.85. The van der Waals surface area contributed by atoms with Gasteiger partial charge >= 0.3 is 0 Å². The summed E-state index contributed by atoms with van der Waals surface area (Å²) in [4.78, 5) is 26.8. The second kappa shape index (κ2) is 9.62. The summed E-state index contributed by atoms with van der Waals surface area (Å²) in [5, 5.41) is 2.80. The first-order valence-electron chi connectivity index (χ1n) is 11.9. The standard InChI is InChI=1S/C25H29N3O7S/c1-16-7-17(2)12-27(11-16)36(31,32)19-4-6-21-20(9-19)28(25(30)14-33-21)13-24(29)26-10-18-3-5-22-23(8-18)35-15-34-22/h3-6,8-9,16-17H,7,10-15H2,1-2H3,(H,26,29). The number of anilines is 1. The Morgan fingerprint density at radius 3 is 2.50 bits per heavy atom. The van der Waals surface area contributed by atoms with Crippen molar-refractivity contribution in [2.24, 2.45) is 11.8 Å². The van der Waals surface area contributed by atoms with E-state index >= 15 is 0 Å². The first-order chi connectivity index (χ1) is 17.2. The van der Waals surface area contributed by atoms with Gasteiger partial charge in [0.15, 0.2) is 18.1 Å². The molecule has 2 unspecified atom stereocenters. The summed E-state index contributed by atoms with van der Waals surface area (Å²) < 4.78 is 44.5. The molecule has 3 heterocycles. The van der Waals surface area contributed by atoms with Gasteiger partial charge in [-0.05, 0) is 54.2 Å². The topological polar surface area (TPSA) is 114 Å². The van der Waals surface area contributed by atoms with Gasteiger partial charge in [0.2, 0.25) is 22.7 Å². The van der Waals surface area contributed by atoms with Crippen LogP contribution in [0.5, 0.6) is 17.2 Å². The zero-order chi connectivity index (χ0) is 25.4. The second-order valence-corrected chi connectivity index (χ2v) is 11.6. The number of hydrogen-bond donors (Lipinski definition) is 1. The van der Waals surface area contributed by atoms with Crippen molar-refractivity contribution in [2.45, 2.75) is 31.7 Å². The van der Waals surface area contributed by atoms with Gasteiger partial charge in [-0.1, -0.05) is 19.9 Å². The molecule has 0 aromatic heterocycles. The molecule has 1 fully saturated rings. The van der Waals surface area contributed by atoms with Crippen LogP contribution in [0.4, 0.5) is 5.69 Å². The molecule has 0 saturated carbocycles. The summed E-state index contributed by atoms with van der Waals surface area (Å²) in [5.41, 5.74) is 1.09. The fourth-order valence-corrected chi connectivity index (χ4v) is 6.62. The molecule has 0 spiro atoms. The van der Waals surface area contributed by atoms with Crippen LogP contribution in [0.1, 0.15) is 25.8 Å². The average molecular weight is 516 g/mol. The highest BCUT2D eigenvalue weighted by Gasteiger charge is 2.34. The summed E-state index contributed by atoms with van der Waals surface area (Å²) in [6.07, 6.45) is 0.980. The Hall–Kier alpha value is -3.31. The Labute approximate surface area is 210 Å². The molecular weight excluding hydrogens is 486 g/mol. The van der Waals surface area contributed by atoms with Crippen molar-refractivity contribution in [2.75, 3.05) is 37.9 Å². The van der Waals surface area contributed by atoms with Crippen LogP contribution in [0.25, 0.3) is 0 Å². The monoisotopic (exact) mass is 515 g/mol. The highest BCUT2D eigenvalue weighted by Crippen LogP contribution is 2.36. The number of benzene rings is 2. The van der Waals surface area contributed by atoms with E-state index in [-0.39, 0.29) is 54.8 Å². The number of carbonyl (C=O) groups is 2. The maximum absolute atomic E-state index is 13.4. The lowest BCUT2D eigenvalue weighted by atomic mass is 9.94. The zero-order valence-electron chi connectivity index (χ0n) is 20.2. The first kappa shape index (κ1) is 24.4. The fourth-order valence-electron chi connectivity index (χ4n) is 4.92. The third-order valence-corrected chi connectivity index (χ3v) is 8.40. The Balaban J connectivity index is 1.32. The molecule has 0 radical (unpaired) electrons. The lowest BCUT2D eigenvalue weighted by Gasteiger charge is -2.34. The highest BCUT2D eigenvalue weighted by atomic mass is 32.2. The lowest BCUT2D eigenvalue weighted by molar-refractivity contribution is -0.125. The molecule has 2 atom stereocenters. The molecule has 5 rings (SSSR count). The van der Waals surface area contributed by atoms with Gasteiger partial charge in [-0.15, -0.1) is 0 Å². The van der Waals surface area contributed by atoms with E-state index in [0.29, 0.717) is 30.3 Å². The van der Waals surface area contributed by atoms with Gasteiger partial charge in [0, 0.05) is 19.6 Å². The summed E-state index contributed by atoms with van der Waals surface area (Å²) in [7, 11) is -3.76. The van der Waals surface area contributed by atoms with Crippen LogP contribution in [0.3, 0.4) is 0 Å². The summed E-state index contributed by atoms with van der Waals surface area (Å²) in [5.74, 6) is 1.34. The van der Waals surface area contributed by atoms with Crippen LogP contribution in [0, 0.1) is 11.8 Å². The molecule has 0 bridgehead atoms. The number of hydrogen-bond acceptors (Lipinski definition) is 7. The number of nitrogens with one attached hydrogen (secondary N) is 1. The van der Waals surface area contributed by atoms with Crippen molar-refractivity contribution in [3.05, 3.63) is 42.0 Å². The SMILES string of the molecule is CC1CC(C)CN(S(=O)(=O)c2ccc3c(c2)N(CC(=O)NCc2ccc4c(c2)OCO4)C(=O)CO3)C1. The maximum atomic E-state index is 13.4. The van der Waals surface area contributed by atoms with Gasteiger partial charge in [0.25, 0.3) is 5.91 Å². The summed E-state index contributed by atoms with van der Waals surface area (Å²) in [6.45, 7) is 4.90. The quantitative estimate of drug-likeness (QED) is 0.627. The molecule has 10 nitrogen and oxygen atoms in total. The van der Waals surface area contributed by atoms with Crippen LogP contribution >= 0.6 is 0 Å². The molecule has 36 heavy (non-hydrogen) atoms. The fraction of sp³-hybridized carbons (Fsp3) is 0.440. The van der Waals surface area contributed by atoms with Gasteiger partial charge in [-0.25, -0.2) is 8.42 Å². The molecule has 192 valence electrons. The maximum Gasteiger partial charge on any atom is 0.265 e. The van der Waals surface area contributed by atoms with Gasteiger partial charge < -0.3 is 19.5 Å². The van der Waals surface area contributed by atoms with E-state index in [9.17, 15) is 18.0 Å². The van der Waals surface area contributed by atoms with Crippen molar-refractivity contribution in [1.29, 1.82) is 0 Å². The van der Waals surface area contributed by atoms with Crippen molar-refractivity contribution in [3.63, 3.8) is 0 Å². The molecule has 1 N–H and O–H groups in total. The van der Waals surface area contributed by atoms with E-state index in [2.05, 4.69) is 5.32 Å². The molecule has 11 heteroatoms. The van der Waals surface area contributed by atoms with E-state index < -0.39 is 15.9 Å². The molecule has 2 amide bonds. The van der Waals surface area contributed by atoms with Gasteiger partial charge in [-0.3, -0.25) is 14.5 Å². The summed E-state index contributed by atoms with van der Waals surface area (Å²) >= 11 is 0. The predicted molar refractivity (Wildman–Crippen MR) is 130 cm³/mol. The minimum atomic E-state index is -3.76. The molecule has 2 aromatic carbocycles. The number of nitrogens with zero attached hydrogens (tertiary/aromatic N) is 2. The zero-order valence-corrected chi connectivity index (χ0v) is 21.0. The molecular formula is C25H29N3O7S. The number of rotatable bonds is 6. The molecule has 1 saturated heterocycles. The molecule has 0 aliphatic carbocycles. The van der Waals surface area contributed by atoms with Crippen LogP contribution in [-0.2, 0) is 26.2 Å². The number of ether oxygens (including phenoxy) is 3. The minimum absolute atomic E-state index is 0.0756. The molecule has 3 aliphatic rings. The number of amides is 2. The number of sulfonamides is 1. The Morgan fingerprint density at radius 2 is 1.72 bits per heavy atom. The van der Waals surface area contributed by atoms with Crippen LogP contribution in [0.15, 0.2) is 41.3 Å². The van der Waals surface area contributed by atoms with Gasteiger partial charge in [-0.2, -0.15) is 4.31 Å². The largest absolute Gasteiger partial charge is 0.482 e. The van der Waals surface area contributed by atoms with Crippen molar-refractivity contribution in [3.8, 4) is 17.2 Å². The molecule has 2 aromatic rings. The van der Waals surface area contributed by atoms with Crippen LogP contribution < -0.4 is 24.4 Å². The van der Waals surface area contributed by atoms with Crippen molar-refractivity contribution in [1.82, 2.24) is 9.62 Å². The first-order valence-corrected chi connectivity index (χ1v) is 13.4. The average Bonchev–Trinajstić information content (AvgIpc) is 3.31. The van der Waals surface area contributed by atoms with E-state index in [1.54, 1.807) is 18.2 Å². The number of piperidine rings is 1. The minimum Gasteiger partial charge on any atom is -0.482 e. The lowest BCUT2D eigenvalue weighted by Crippen LogP contribution is -2.45. The Kier molecular flexibility index (Phi) is 6.52. The van der Waals surface area contributed by atoms with E-state index in [0.717, 1.165) is 12.0 Å². The Bertz CT molecular complexity index is 1290.